The van der Waals surface area contributed by atoms with Gasteiger partial charge in [-0.1, -0.05) is 0 Å². The number of hydrogen-bond donors (Lipinski definition) is 2. The van der Waals surface area contributed by atoms with E-state index < -0.39 is 17.0 Å². The summed E-state index contributed by atoms with van der Waals surface area (Å²) in [5.74, 6) is 0. The van der Waals surface area contributed by atoms with Crippen LogP contribution in [0.5, 0.6) is 0 Å². The van der Waals surface area contributed by atoms with Crippen molar-refractivity contribution in [2.75, 3.05) is 0 Å². The number of rotatable bonds is 5. The third kappa shape index (κ3) is 5.74. The van der Waals surface area contributed by atoms with Gasteiger partial charge in [0.15, 0.2) is 0 Å². The topological polar surface area (TPSA) is 79.1 Å². The molecule has 0 fully saturated rings. The molecule has 0 aliphatic rings. The monoisotopic (exact) mass is 246 g/mol. The van der Waals surface area contributed by atoms with E-state index in [2.05, 4.69) is 11.3 Å². The summed E-state index contributed by atoms with van der Waals surface area (Å²) in [5, 5.41) is 19.5. The summed E-state index contributed by atoms with van der Waals surface area (Å²) in [6, 6.07) is 0. The van der Waals surface area contributed by atoms with E-state index in [1.54, 1.807) is 32.4 Å². The predicted molar refractivity (Wildman–Crippen MR) is 63.7 cm³/mol. The van der Waals surface area contributed by atoms with Crippen LogP contribution in [0.25, 0.3) is 0 Å². The maximum absolute atomic E-state index is 11.2. The molecule has 0 bridgehead atoms. The zero-order valence-electron chi connectivity index (χ0n) is 8.90. The fourth-order valence-electron chi connectivity index (χ4n) is 0.440. The number of nitrogens with one attached hydrogen (secondary N) is 1. The van der Waals surface area contributed by atoms with Gasteiger partial charge in [-0.05, 0) is 50.1 Å². The van der Waals surface area contributed by atoms with Gasteiger partial charge in [0.05, 0.1) is 5.60 Å². The van der Waals surface area contributed by atoms with Gasteiger partial charge in [-0.3, -0.25) is 0 Å². The molecule has 0 radical (unpaired) electrons. The minimum Gasteiger partial charge on any atom is -0.587 e. The lowest BCUT2D eigenvalue weighted by Crippen LogP contribution is -2.20. The summed E-state index contributed by atoms with van der Waals surface area (Å²) in [6.07, 6.45) is 1.57. The van der Waals surface area contributed by atoms with E-state index in [1.165, 1.54) is 0 Å². The highest BCUT2D eigenvalue weighted by molar-refractivity contribution is 8.19. The minimum absolute atomic E-state index is 0.320. The highest BCUT2D eigenvalue weighted by Crippen LogP contribution is 2.25. The fraction of sp³-hybridized carbons (Fsp3) is 0.444. The summed E-state index contributed by atoms with van der Waals surface area (Å²) in [4.78, 5) is 0. The maximum atomic E-state index is 11.2. The molecule has 84 valence electrons. The lowest BCUT2D eigenvalue weighted by atomic mass is 10.0. The van der Waals surface area contributed by atoms with Crippen LogP contribution < -0.4 is 4.72 Å². The Morgan fingerprint density at radius 1 is 1.73 bits per heavy atom. The number of aliphatic hydroxyl groups is 1. The van der Waals surface area contributed by atoms with E-state index in [1.807, 2.05) is 0 Å². The van der Waals surface area contributed by atoms with Crippen LogP contribution in [0.3, 0.4) is 0 Å². The first-order valence-electron chi connectivity index (χ1n) is 4.10. The molecule has 1 unspecified atom stereocenters. The first kappa shape index (κ1) is 14.4. The Kier molecular flexibility index (Phi) is 5.83. The summed E-state index contributed by atoms with van der Waals surface area (Å²) < 4.78 is 13.6. The molecular weight excluding hydrogens is 232 g/mol. The lowest BCUT2D eigenvalue weighted by Gasteiger charge is -2.17. The van der Waals surface area contributed by atoms with Gasteiger partial charge in [0.25, 0.3) is 0 Å². The van der Waals surface area contributed by atoms with Crippen LogP contribution in [-0.4, -0.2) is 15.3 Å². The van der Waals surface area contributed by atoms with Gasteiger partial charge in [-0.15, -0.1) is 4.72 Å². The van der Waals surface area contributed by atoms with Crippen molar-refractivity contribution in [2.45, 2.75) is 26.4 Å². The number of nitrogens with zero attached hydrogens (tertiary/aromatic N) is 1. The zero-order chi connectivity index (χ0) is 12.1. The number of thioether (sulfide) groups is 1. The molecule has 0 aliphatic carbocycles. The first-order valence-corrected chi connectivity index (χ1v) is 6.13. The Balaban J connectivity index is 4.28. The largest absolute Gasteiger partial charge is 0.587 e. The number of hydrogen-bond acceptors (Lipinski definition) is 5. The average molecular weight is 246 g/mol. The Bertz CT molecular complexity index is 302. The second-order valence-corrected chi connectivity index (χ2v) is 5.79. The van der Waals surface area contributed by atoms with Crippen molar-refractivity contribution in [1.29, 1.82) is 5.26 Å². The van der Waals surface area contributed by atoms with Gasteiger partial charge in [0.2, 0.25) is 10.4 Å². The van der Waals surface area contributed by atoms with Crippen LogP contribution >= 0.6 is 11.8 Å². The molecule has 15 heavy (non-hydrogen) atoms. The summed E-state index contributed by atoms with van der Waals surface area (Å²) >= 11 is -0.448. The molecule has 0 heterocycles. The quantitative estimate of drug-likeness (QED) is 0.437. The van der Waals surface area contributed by atoms with Gasteiger partial charge in [-0.2, -0.15) is 5.26 Å². The van der Waals surface area contributed by atoms with Crippen molar-refractivity contribution in [3.63, 3.8) is 0 Å². The van der Waals surface area contributed by atoms with E-state index in [4.69, 9.17) is 5.26 Å². The number of nitriles is 1. The second kappa shape index (κ2) is 6.08. The van der Waals surface area contributed by atoms with Crippen molar-refractivity contribution in [1.82, 2.24) is 4.72 Å². The molecule has 6 heteroatoms. The van der Waals surface area contributed by atoms with Crippen molar-refractivity contribution < 1.29 is 9.66 Å². The molecule has 0 saturated heterocycles. The third-order valence-electron chi connectivity index (χ3n) is 1.68. The molecule has 1 atom stereocenters. The Morgan fingerprint density at radius 2 is 2.27 bits per heavy atom. The van der Waals surface area contributed by atoms with E-state index in [0.29, 0.717) is 4.24 Å². The van der Waals surface area contributed by atoms with Crippen LogP contribution in [-0.2, 0) is 11.4 Å². The maximum Gasteiger partial charge on any atom is 0.222 e. The summed E-state index contributed by atoms with van der Waals surface area (Å²) in [5.41, 5.74) is -0.167. The normalized spacial score (nSPS) is 14.3. The molecule has 0 aromatic rings. The molecule has 0 aliphatic heterocycles. The third-order valence-corrected chi connectivity index (χ3v) is 3.84. The Hall–Kier alpha value is -0.610. The lowest BCUT2D eigenvalue weighted by molar-refractivity contribution is 0.120. The average Bonchev–Trinajstić information content (AvgIpc) is 2.12. The molecule has 0 aromatic heterocycles. The van der Waals surface area contributed by atoms with Gasteiger partial charge < -0.3 is 9.66 Å². The minimum atomic E-state index is -1.58. The van der Waals surface area contributed by atoms with E-state index in [-0.39, 0.29) is 0 Å². The molecule has 4 nitrogen and oxygen atoms in total. The predicted octanol–water partition coefficient (Wildman–Crippen LogP) is 1.60. The summed E-state index contributed by atoms with van der Waals surface area (Å²) in [7, 11) is 0. The van der Waals surface area contributed by atoms with Gasteiger partial charge >= 0.3 is 0 Å². The molecule has 0 spiro atoms. The molecular formula is C9H14N2O2S2. The molecule has 0 rings (SSSR count). The highest BCUT2D eigenvalue weighted by Gasteiger charge is 2.17. The van der Waals surface area contributed by atoms with Crippen LogP contribution in [0.15, 0.2) is 21.8 Å². The van der Waals surface area contributed by atoms with E-state index >= 15 is 0 Å². The van der Waals surface area contributed by atoms with Crippen LogP contribution in [0.2, 0.25) is 0 Å². The SMILES string of the molecule is C=C(S/C=C(\C)C(C)(C)O)[S+]([O-])NC#N. The first-order chi connectivity index (χ1) is 6.79. The van der Waals surface area contributed by atoms with Crippen molar-refractivity contribution >= 4 is 23.1 Å². The Labute approximate surface area is 97.4 Å². The smallest absolute Gasteiger partial charge is 0.222 e. The molecule has 0 amide bonds. The standard InChI is InChI=1S/C9H14N2O2S2/c1-7(9(3,4)12)5-14-8(2)15(13)11-6-10/h5,11-12H,2H2,1,3-4H3/b7-5+. The second-order valence-electron chi connectivity index (χ2n) is 3.33. The van der Waals surface area contributed by atoms with E-state index in [0.717, 1.165) is 17.3 Å². The molecule has 2 N–H and O–H groups in total. The van der Waals surface area contributed by atoms with Crippen molar-refractivity contribution in [3.05, 3.63) is 21.8 Å². The van der Waals surface area contributed by atoms with E-state index in [9.17, 15) is 9.66 Å². The van der Waals surface area contributed by atoms with Crippen LogP contribution in [0.1, 0.15) is 20.8 Å². The van der Waals surface area contributed by atoms with Gasteiger partial charge in [-0.25, -0.2) is 0 Å². The Morgan fingerprint density at radius 3 is 2.67 bits per heavy atom. The van der Waals surface area contributed by atoms with Crippen molar-refractivity contribution in [2.24, 2.45) is 0 Å². The van der Waals surface area contributed by atoms with Crippen LogP contribution in [0.4, 0.5) is 0 Å². The molecule has 0 saturated carbocycles. The summed E-state index contributed by atoms with van der Waals surface area (Å²) in [6.45, 7) is 8.63. The molecule has 0 aromatic carbocycles. The highest BCUT2D eigenvalue weighted by atomic mass is 32.3. The van der Waals surface area contributed by atoms with Gasteiger partial charge in [0.1, 0.15) is 11.4 Å². The zero-order valence-corrected chi connectivity index (χ0v) is 10.5. The van der Waals surface area contributed by atoms with Crippen molar-refractivity contribution in [3.8, 4) is 6.19 Å². The van der Waals surface area contributed by atoms with Crippen LogP contribution in [0, 0.1) is 11.5 Å². The fourth-order valence-corrected chi connectivity index (χ4v) is 1.85. The van der Waals surface area contributed by atoms with Gasteiger partial charge in [0, 0.05) is 0 Å².